The van der Waals surface area contributed by atoms with Crippen molar-refractivity contribution in [2.24, 2.45) is 0 Å². The number of benzene rings is 1. The van der Waals surface area contributed by atoms with Gasteiger partial charge in [-0.3, -0.25) is 4.79 Å². The van der Waals surface area contributed by atoms with Gasteiger partial charge in [-0.15, -0.1) is 0 Å². The fraction of sp³-hybridized carbons (Fsp3) is 0.417. The summed E-state index contributed by atoms with van der Waals surface area (Å²) in [5, 5.41) is 0. The van der Waals surface area contributed by atoms with E-state index in [1.807, 2.05) is 37.3 Å². The summed E-state index contributed by atoms with van der Waals surface area (Å²) >= 11 is 3.30. The highest BCUT2D eigenvalue weighted by Crippen LogP contribution is 2.11. The molecule has 0 radical (unpaired) electrons. The van der Waals surface area contributed by atoms with Crippen LogP contribution in [0.15, 0.2) is 30.3 Å². The van der Waals surface area contributed by atoms with Crippen LogP contribution in [0.25, 0.3) is 0 Å². The van der Waals surface area contributed by atoms with Crippen LogP contribution in [0.5, 0.6) is 0 Å². The zero-order valence-corrected chi connectivity index (χ0v) is 10.4. The molecule has 0 unspecified atom stereocenters. The van der Waals surface area contributed by atoms with Crippen molar-refractivity contribution in [2.75, 3.05) is 0 Å². The summed E-state index contributed by atoms with van der Waals surface area (Å²) in [7, 11) is 0. The van der Waals surface area contributed by atoms with Crippen LogP contribution in [0.2, 0.25) is 0 Å². The fourth-order valence-corrected chi connectivity index (χ4v) is 1.78. The van der Waals surface area contributed by atoms with E-state index in [0.29, 0.717) is 6.61 Å². The summed E-state index contributed by atoms with van der Waals surface area (Å²) < 4.78 is 5.16. The molecule has 1 aromatic carbocycles. The van der Waals surface area contributed by atoms with Gasteiger partial charge in [0.15, 0.2) is 0 Å². The quantitative estimate of drug-likeness (QED) is 0.606. The van der Waals surface area contributed by atoms with Crippen molar-refractivity contribution in [1.82, 2.24) is 0 Å². The molecule has 3 heteroatoms. The maximum absolute atomic E-state index is 11.4. The van der Waals surface area contributed by atoms with E-state index in [-0.39, 0.29) is 10.8 Å². The minimum absolute atomic E-state index is 0.175. The molecule has 0 fully saturated rings. The average Bonchev–Trinajstić information content (AvgIpc) is 2.27. The number of hydrogen-bond acceptors (Lipinski definition) is 2. The lowest BCUT2D eigenvalue weighted by Crippen LogP contribution is -2.16. The highest BCUT2D eigenvalue weighted by Gasteiger charge is 2.14. The monoisotopic (exact) mass is 270 g/mol. The first-order chi connectivity index (χ1) is 7.24. The third-order valence-electron chi connectivity index (χ3n) is 2.02. The van der Waals surface area contributed by atoms with Gasteiger partial charge in [0.25, 0.3) is 0 Å². The van der Waals surface area contributed by atoms with Gasteiger partial charge >= 0.3 is 5.97 Å². The molecule has 0 saturated carbocycles. The lowest BCUT2D eigenvalue weighted by atomic mass is 10.2. The van der Waals surface area contributed by atoms with Gasteiger partial charge in [0.05, 0.1) is 0 Å². The van der Waals surface area contributed by atoms with Crippen LogP contribution in [0.1, 0.15) is 25.3 Å². The summed E-state index contributed by atoms with van der Waals surface area (Å²) in [6, 6.07) is 9.68. The topological polar surface area (TPSA) is 26.3 Å². The highest BCUT2D eigenvalue weighted by atomic mass is 79.9. The SMILES string of the molecule is CCC[C@H](Br)C(=O)OCc1ccccc1. The van der Waals surface area contributed by atoms with Crippen LogP contribution in [0.3, 0.4) is 0 Å². The molecule has 0 saturated heterocycles. The van der Waals surface area contributed by atoms with Crippen molar-refractivity contribution < 1.29 is 9.53 Å². The largest absolute Gasteiger partial charge is 0.460 e. The molecule has 0 N–H and O–H groups in total. The molecule has 82 valence electrons. The molecule has 0 aliphatic rings. The second-order valence-corrected chi connectivity index (χ2v) is 4.45. The zero-order chi connectivity index (χ0) is 11.1. The Morgan fingerprint density at radius 2 is 2.07 bits per heavy atom. The predicted octanol–water partition coefficient (Wildman–Crippen LogP) is 3.29. The molecule has 1 atom stereocenters. The Morgan fingerprint density at radius 1 is 1.40 bits per heavy atom. The molecule has 1 rings (SSSR count). The Labute approximate surface area is 98.8 Å². The molecule has 0 aromatic heterocycles. The molecule has 1 aromatic rings. The van der Waals surface area contributed by atoms with E-state index in [9.17, 15) is 4.79 Å². The number of hydrogen-bond donors (Lipinski definition) is 0. The number of ether oxygens (including phenoxy) is 1. The van der Waals surface area contributed by atoms with Gasteiger partial charge in [-0.1, -0.05) is 59.6 Å². The van der Waals surface area contributed by atoms with Crippen molar-refractivity contribution in [3.8, 4) is 0 Å². The first kappa shape index (κ1) is 12.2. The van der Waals surface area contributed by atoms with E-state index >= 15 is 0 Å². The van der Waals surface area contributed by atoms with E-state index in [2.05, 4.69) is 15.9 Å². The number of alkyl halides is 1. The van der Waals surface area contributed by atoms with Crippen LogP contribution >= 0.6 is 15.9 Å². The summed E-state index contributed by atoms with van der Waals surface area (Å²) in [5.74, 6) is -0.180. The smallest absolute Gasteiger partial charge is 0.320 e. The van der Waals surface area contributed by atoms with E-state index in [4.69, 9.17) is 4.74 Å². The first-order valence-electron chi connectivity index (χ1n) is 5.08. The maximum Gasteiger partial charge on any atom is 0.320 e. The Hall–Kier alpha value is -0.830. The number of halogens is 1. The molecular formula is C12H15BrO2. The number of carbonyl (C=O) groups is 1. The molecule has 0 amide bonds. The Morgan fingerprint density at radius 3 is 2.67 bits per heavy atom. The van der Waals surface area contributed by atoms with E-state index in [1.54, 1.807) is 0 Å². The second kappa shape index (κ2) is 6.62. The van der Waals surface area contributed by atoms with Gasteiger partial charge in [-0.2, -0.15) is 0 Å². The molecular weight excluding hydrogens is 256 g/mol. The first-order valence-corrected chi connectivity index (χ1v) is 6.00. The molecule has 0 spiro atoms. The van der Waals surface area contributed by atoms with Crippen molar-refractivity contribution in [1.29, 1.82) is 0 Å². The van der Waals surface area contributed by atoms with E-state index < -0.39 is 0 Å². The van der Waals surface area contributed by atoms with Crippen molar-refractivity contribution in [3.63, 3.8) is 0 Å². The lowest BCUT2D eigenvalue weighted by molar-refractivity contribution is -0.144. The Balaban J connectivity index is 2.34. The van der Waals surface area contributed by atoms with Crippen LogP contribution in [-0.4, -0.2) is 10.8 Å². The minimum Gasteiger partial charge on any atom is -0.460 e. The summed E-state index contributed by atoms with van der Waals surface area (Å²) in [6.07, 6.45) is 1.78. The third kappa shape index (κ3) is 4.47. The van der Waals surface area contributed by atoms with Crippen LogP contribution < -0.4 is 0 Å². The van der Waals surface area contributed by atoms with Gasteiger partial charge < -0.3 is 4.74 Å². The molecule has 15 heavy (non-hydrogen) atoms. The molecule has 0 aliphatic carbocycles. The summed E-state index contributed by atoms with van der Waals surface area (Å²) in [4.78, 5) is 11.3. The third-order valence-corrected chi connectivity index (χ3v) is 2.85. The predicted molar refractivity (Wildman–Crippen MR) is 63.9 cm³/mol. The maximum atomic E-state index is 11.4. The molecule has 0 bridgehead atoms. The van der Waals surface area contributed by atoms with Gasteiger partial charge in [-0.25, -0.2) is 0 Å². The van der Waals surface area contributed by atoms with Gasteiger partial charge in [0.1, 0.15) is 11.4 Å². The number of carbonyl (C=O) groups excluding carboxylic acids is 1. The normalized spacial score (nSPS) is 12.1. The Bertz CT molecular complexity index is 298. The van der Waals surface area contributed by atoms with Crippen LogP contribution in [0.4, 0.5) is 0 Å². The summed E-state index contributed by atoms with van der Waals surface area (Å²) in [6.45, 7) is 2.39. The van der Waals surface area contributed by atoms with Gasteiger partial charge in [-0.05, 0) is 12.0 Å². The second-order valence-electron chi connectivity index (χ2n) is 3.35. The zero-order valence-electron chi connectivity index (χ0n) is 8.78. The van der Waals surface area contributed by atoms with Crippen molar-refractivity contribution in [3.05, 3.63) is 35.9 Å². The Kier molecular flexibility index (Phi) is 5.40. The minimum atomic E-state index is -0.180. The standard InChI is InChI=1S/C12H15BrO2/c1-2-6-11(13)12(14)15-9-10-7-4-3-5-8-10/h3-5,7-8,11H,2,6,9H2,1H3/t11-/m0/s1. The molecule has 0 heterocycles. The molecule has 2 nitrogen and oxygen atoms in total. The van der Waals surface area contributed by atoms with Crippen molar-refractivity contribution in [2.45, 2.75) is 31.2 Å². The molecule has 0 aliphatic heterocycles. The lowest BCUT2D eigenvalue weighted by Gasteiger charge is -2.08. The van der Waals surface area contributed by atoms with E-state index in [1.165, 1.54) is 0 Å². The summed E-state index contributed by atoms with van der Waals surface area (Å²) in [5.41, 5.74) is 1.02. The van der Waals surface area contributed by atoms with E-state index in [0.717, 1.165) is 18.4 Å². The average molecular weight is 271 g/mol. The number of esters is 1. The fourth-order valence-electron chi connectivity index (χ4n) is 1.19. The van der Waals surface area contributed by atoms with Gasteiger partial charge in [0.2, 0.25) is 0 Å². The van der Waals surface area contributed by atoms with Crippen LogP contribution in [-0.2, 0) is 16.1 Å². The van der Waals surface area contributed by atoms with Crippen molar-refractivity contribution >= 4 is 21.9 Å². The van der Waals surface area contributed by atoms with Gasteiger partial charge in [0, 0.05) is 0 Å². The van der Waals surface area contributed by atoms with Crippen LogP contribution in [0, 0.1) is 0 Å². The highest BCUT2D eigenvalue weighted by molar-refractivity contribution is 9.10. The number of rotatable bonds is 5.